The summed E-state index contributed by atoms with van der Waals surface area (Å²) in [6.07, 6.45) is -1.01. The van der Waals surface area contributed by atoms with Gasteiger partial charge in [0.25, 0.3) is 0 Å². The quantitative estimate of drug-likeness (QED) is 0.598. The molecule has 1 fully saturated rings. The molecule has 1 saturated carbocycles. The lowest BCUT2D eigenvalue weighted by atomic mass is 9.95. The fourth-order valence-corrected chi connectivity index (χ4v) is 3.02. The van der Waals surface area contributed by atoms with E-state index in [1.165, 1.54) is 24.4 Å². The standard InChI is InChI=1S/C18H16F4N2O/c1-24(16(11-25)12-8-14(19)10-23-9-12)15-4-2-13(3-5-15)17(6-7-17)18(20,21)22/h2-5,8-11,16H,6-7H2,1H3. The highest BCUT2D eigenvalue weighted by molar-refractivity contribution is 5.68. The van der Waals surface area contributed by atoms with E-state index < -0.39 is 23.5 Å². The van der Waals surface area contributed by atoms with Crippen LogP contribution in [0.4, 0.5) is 23.2 Å². The van der Waals surface area contributed by atoms with E-state index in [2.05, 4.69) is 4.98 Å². The number of nitrogens with zero attached hydrogens (tertiary/aromatic N) is 2. The van der Waals surface area contributed by atoms with E-state index in [1.807, 2.05) is 0 Å². The number of aromatic nitrogens is 1. The molecule has 0 spiro atoms. The second kappa shape index (κ2) is 6.13. The normalized spacial score (nSPS) is 17.0. The number of alkyl halides is 3. The van der Waals surface area contributed by atoms with Gasteiger partial charge < -0.3 is 9.69 Å². The summed E-state index contributed by atoms with van der Waals surface area (Å²) in [4.78, 5) is 16.8. The van der Waals surface area contributed by atoms with Gasteiger partial charge in [-0.2, -0.15) is 13.2 Å². The third-order valence-electron chi connectivity index (χ3n) is 4.73. The SMILES string of the molecule is CN(c1ccc(C2(C(F)(F)F)CC2)cc1)C(C=O)c1cncc(F)c1. The minimum atomic E-state index is -4.26. The summed E-state index contributed by atoms with van der Waals surface area (Å²) >= 11 is 0. The zero-order chi connectivity index (χ0) is 18.2. The first-order valence-corrected chi connectivity index (χ1v) is 7.74. The first-order valence-electron chi connectivity index (χ1n) is 7.74. The van der Waals surface area contributed by atoms with Crippen molar-refractivity contribution >= 4 is 12.0 Å². The molecule has 0 N–H and O–H groups in total. The zero-order valence-electron chi connectivity index (χ0n) is 13.4. The number of rotatable bonds is 5. The van der Waals surface area contributed by atoms with Crippen molar-refractivity contribution in [3.63, 3.8) is 0 Å². The Bertz CT molecular complexity index is 769. The molecular weight excluding hydrogens is 336 g/mol. The average Bonchev–Trinajstić information content (AvgIpc) is 3.37. The molecule has 0 bridgehead atoms. The minimum Gasteiger partial charge on any atom is -0.361 e. The van der Waals surface area contributed by atoms with Gasteiger partial charge in [-0.25, -0.2) is 4.39 Å². The Labute approximate surface area is 142 Å². The van der Waals surface area contributed by atoms with Crippen LogP contribution in [0.1, 0.15) is 30.0 Å². The number of aldehydes is 1. The Hall–Kier alpha value is -2.44. The highest BCUT2D eigenvalue weighted by Crippen LogP contribution is 2.58. The van der Waals surface area contributed by atoms with Crippen LogP contribution in [-0.2, 0) is 10.2 Å². The monoisotopic (exact) mass is 352 g/mol. The number of anilines is 1. The molecule has 1 heterocycles. The second-order valence-electron chi connectivity index (χ2n) is 6.26. The van der Waals surface area contributed by atoms with E-state index in [1.54, 1.807) is 24.1 Å². The van der Waals surface area contributed by atoms with E-state index in [9.17, 15) is 22.4 Å². The molecule has 3 rings (SSSR count). The number of halogens is 4. The maximum absolute atomic E-state index is 13.3. The number of carbonyl (C=O) groups is 1. The van der Waals surface area contributed by atoms with Crippen LogP contribution in [0.25, 0.3) is 0 Å². The zero-order valence-corrected chi connectivity index (χ0v) is 13.4. The summed E-state index contributed by atoms with van der Waals surface area (Å²) in [7, 11) is 1.62. The highest BCUT2D eigenvalue weighted by Gasteiger charge is 2.64. The molecule has 0 amide bonds. The van der Waals surface area contributed by atoms with Crippen LogP contribution in [0.5, 0.6) is 0 Å². The largest absolute Gasteiger partial charge is 0.398 e. The third kappa shape index (κ3) is 3.10. The Morgan fingerprint density at radius 2 is 1.84 bits per heavy atom. The molecule has 25 heavy (non-hydrogen) atoms. The summed E-state index contributed by atoms with van der Waals surface area (Å²) < 4.78 is 52.9. The molecule has 1 aromatic heterocycles. The van der Waals surface area contributed by atoms with Crippen molar-refractivity contribution in [3.05, 3.63) is 59.7 Å². The van der Waals surface area contributed by atoms with Gasteiger partial charge in [0.2, 0.25) is 0 Å². The summed E-state index contributed by atoms with van der Waals surface area (Å²) in [5.74, 6) is -0.561. The second-order valence-corrected chi connectivity index (χ2v) is 6.26. The first kappa shape index (κ1) is 17.4. The fourth-order valence-electron chi connectivity index (χ4n) is 3.02. The lowest BCUT2D eigenvalue weighted by Gasteiger charge is -2.27. The number of hydrogen-bond donors (Lipinski definition) is 0. The summed E-state index contributed by atoms with van der Waals surface area (Å²) in [5, 5.41) is 0. The predicted molar refractivity (Wildman–Crippen MR) is 84.8 cm³/mol. The Balaban J connectivity index is 1.85. The van der Waals surface area contributed by atoms with E-state index >= 15 is 0 Å². The summed E-state index contributed by atoms with van der Waals surface area (Å²) in [6.45, 7) is 0. The molecule has 1 aliphatic rings. The summed E-state index contributed by atoms with van der Waals surface area (Å²) in [6, 6.07) is 6.40. The number of benzene rings is 1. The number of pyridine rings is 1. The van der Waals surface area contributed by atoms with Gasteiger partial charge in [-0.05, 0) is 36.6 Å². The van der Waals surface area contributed by atoms with Gasteiger partial charge in [0, 0.05) is 24.5 Å². The minimum absolute atomic E-state index is 0.0949. The third-order valence-corrected chi connectivity index (χ3v) is 4.73. The fraction of sp³-hybridized carbons (Fsp3) is 0.333. The van der Waals surface area contributed by atoms with Gasteiger partial charge in [0.1, 0.15) is 18.1 Å². The van der Waals surface area contributed by atoms with Crippen LogP contribution in [0.15, 0.2) is 42.7 Å². The molecule has 1 unspecified atom stereocenters. The van der Waals surface area contributed by atoms with E-state index in [0.29, 0.717) is 17.5 Å². The van der Waals surface area contributed by atoms with Crippen molar-refractivity contribution in [3.8, 4) is 0 Å². The molecule has 2 aromatic rings. The van der Waals surface area contributed by atoms with Crippen molar-refractivity contribution in [1.29, 1.82) is 0 Å². The lowest BCUT2D eigenvalue weighted by molar-refractivity contribution is -0.160. The van der Waals surface area contributed by atoms with Crippen molar-refractivity contribution in [2.45, 2.75) is 30.5 Å². The molecule has 0 radical (unpaired) electrons. The molecule has 0 saturated heterocycles. The maximum atomic E-state index is 13.3. The molecular formula is C18H16F4N2O. The van der Waals surface area contributed by atoms with Gasteiger partial charge in [0.05, 0.1) is 11.6 Å². The predicted octanol–water partition coefficient (Wildman–Crippen LogP) is 4.19. The van der Waals surface area contributed by atoms with Gasteiger partial charge in [-0.3, -0.25) is 4.98 Å². The molecule has 1 aliphatic carbocycles. The van der Waals surface area contributed by atoms with Crippen LogP contribution in [0, 0.1) is 5.82 Å². The average molecular weight is 352 g/mol. The molecule has 7 heteroatoms. The van der Waals surface area contributed by atoms with E-state index in [-0.39, 0.29) is 18.4 Å². The van der Waals surface area contributed by atoms with Crippen LogP contribution in [0.3, 0.4) is 0 Å². The highest BCUT2D eigenvalue weighted by atomic mass is 19.4. The Morgan fingerprint density at radius 3 is 2.32 bits per heavy atom. The van der Waals surface area contributed by atoms with Gasteiger partial charge in [-0.15, -0.1) is 0 Å². The van der Waals surface area contributed by atoms with Crippen LogP contribution < -0.4 is 4.90 Å². The maximum Gasteiger partial charge on any atom is 0.398 e. The first-order chi connectivity index (χ1) is 11.8. The van der Waals surface area contributed by atoms with E-state index in [4.69, 9.17) is 0 Å². The van der Waals surface area contributed by atoms with Gasteiger partial charge in [0.15, 0.2) is 0 Å². The van der Waals surface area contributed by atoms with Gasteiger partial charge >= 0.3 is 6.18 Å². The molecule has 3 nitrogen and oxygen atoms in total. The number of likely N-dealkylation sites (N-methyl/N-ethyl adjacent to an activating group) is 1. The molecule has 132 valence electrons. The van der Waals surface area contributed by atoms with Crippen molar-refractivity contribution in [1.82, 2.24) is 4.98 Å². The van der Waals surface area contributed by atoms with Crippen molar-refractivity contribution in [2.24, 2.45) is 0 Å². The Morgan fingerprint density at radius 1 is 1.20 bits per heavy atom. The summed E-state index contributed by atoms with van der Waals surface area (Å²) in [5.41, 5.74) is -0.577. The van der Waals surface area contributed by atoms with Crippen molar-refractivity contribution < 1.29 is 22.4 Å². The molecule has 0 aliphatic heterocycles. The van der Waals surface area contributed by atoms with E-state index in [0.717, 1.165) is 6.20 Å². The number of hydrogen-bond acceptors (Lipinski definition) is 3. The van der Waals surface area contributed by atoms with Crippen molar-refractivity contribution in [2.75, 3.05) is 11.9 Å². The smallest absolute Gasteiger partial charge is 0.361 e. The molecule has 1 aromatic carbocycles. The van der Waals surface area contributed by atoms with Crippen LogP contribution in [-0.4, -0.2) is 24.5 Å². The van der Waals surface area contributed by atoms with Gasteiger partial charge in [-0.1, -0.05) is 12.1 Å². The number of carbonyl (C=O) groups excluding carboxylic acids is 1. The topological polar surface area (TPSA) is 33.2 Å². The lowest BCUT2D eigenvalue weighted by Crippen LogP contribution is -2.29. The Kier molecular flexibility index (Phi) is 4.26. The molecule has 1 atom stereocenters. The van der Waals surface area contributed by atoms with Crippen LogP contribution >= 0.6 is 0 Å². The van der Waals surface area contributed by atoms with Crippen LogP contribution in [0.2, 0.25) is 0 Å².